The fourth-order valence-electron chi connectivity index (χ4n) is 2.42. The molecule has 0 aromatic heterocycles. The Kier molecular flexibility index (Phi) is 5.11. The van der Waals surface area contributed by atoms with E-state index < -0.39 is 10.0 Å². The van der Waals surface area contributed by atoms with E-state index in [9.17, 15) is 13.2 Å². The van der Waals surface area contributed by atoms with Gasteiger partial charge in [-0.05, 0) is 50.1 Å². The molecule has 0 aliphatic carbocycles. The monoisotopic (exact) mass is 346 g/mol. The van der Waals surface area contributed by atoms with Crippen LogP contribution in [-0.2, 0) is 10.0 Å². The molecule has 6 heteroatoms. The van der Waals surface area contributed by atoms with Crippen LogP contribution >= 0.6 is 0 Å². The first-order valence-electron chi connectivity index (χ1n) is 7.54. The summed E-state index contributed by atoms with van der Waals surface area (Å²) < 4.78 is 25.9. The molecule has 2 aromatic rings. The number of nitrogens with one attached hydrogen (secondary N) is 1. The van der Waals surface area contributed by atoms with E-state index in [0.29, 0.717) is 16.8 Å². The van der Waals surface area contributed by atoms with Crippen molar-refractivity contribution in [3.63, 3.8) is 0 Å². The number of hydrogen-bond acceptors (Lipinski definition) is 3. The van der Waals surface area contributed by atoms with Crippen LogP contribution in [0.2, 0.25) is 0 Å². The lowest BCUT2D eigenvalue weighted by Gasteiger charge is -2.15. The Balaban J connectivity index is 2.36. The van der Waals surface area contributed by atoms with Gasteiger partial charge >= 0.3 is 0 Å². The van der Waals surface area contributed by atoms with Crippen LogP contribution in [0, 0.1) is 20.8 Å². The molecule has 1 amide bonds. The first kappa shape index (κ1) is 18.2. The van der Waals surface area contributed by atoms with Crippen molar-refractivity contribution in [2.24, 2.45) is 0 Å². The van der Waals surface area contributed by atoms with E-state index in [2.05, 4.69) is 5.32 Å². The summed E-state index contributed by atoms with van der Waals surface area (Å²) in [5.41, 5.74) is 3.61. The first-order valence-corrected chi connectivity index (χ1v) is 8.98. The third-order valence-electron chi connectivity index (χ3n) is 3.83. The highest BCUT2D eigenvalue weighted by Crippen LogP contribution is 2.23. The number of anilines is 1. The van der Waals surface area contributed by atoms with Crippen LogP contribution in [0.15, 0.2) is 41.3 Å². The van der Waals surface area contributed by atoms with Gasteiger partial charge in [-0.25, -0.2) is 12.7 Å². The SMILES string of the molecule is Cc1ccc(C(=O)Nc2ccc(C)c(S(=O)(=O)N(C)C)c2)c(C)c1. The van der Waals surface area contributed by atoms with Crippen molar-refractivity contribution >= 4 is 21.6 Å². The zero-order valence-corrected chi connectivity index (χ0v) is 15.4. The molecule has 24 heavy (non-hydrogen) atoms. The second kappa shape index (κ2) is 6.75. The molecule has 0 spiro atoms. The molecule has 0 aliphatic heterocycles. The molecule has 2 rings (SSSR count). The molecule has 0 radical (unpaired) electrons. The summed E-state index contributed by atoms with van der Waals surface area (Å²) in [6.07, 6.45) is 0. The van der Waals surface area contributed by atoms with Crippen molar-refractivity contribution in [2.75, 3.05) is 19.4 Å². The van der Waals surface area contributed by atoms with E-state index in [-0.39, 0.29) is 10.8 Å². The van der Waals surface area contributed by atoms with Crippen LogP contribution < -0.4 is 5.32 Å². The van der Waals surface area contributed by atoms with Gasteiger partial charge in [0.2, 0.25) is 10.0 Å². The number of aryl methyl sites for hydroxylation is 3. The minimum absolute atomic E-state index is 0.186. The Morgan fingerprint density at radius 3 is 2.21 bits per heavy atom. The quantitative estimate of drug-likeness (QED) is 0.925. The molecule has 0 unspecified atom stereocenters. The van der Waals surface area contributed by atoms with E-state index in [1.54, 1.807) is 25.1 Å². The molecule has 5 nitrogen and oxygen atoms in total. The molecule has 0 aliphatic rings. The molecule has 2 aromatic carbocycles. The van der Waals surface area contributed by atoms with Crippen LogP contribution in [0.1, 0.15) is 27.0 Å². The van der Waals surface area contributed by atoms with Gasteiger partial charge in [-0.1, -0.05) is 23.8 Å². The number of amides is 1. The number of sulfonamides is 1. The minimum Gasteiger partial charge on any atom is -0.322 e. The van der Waals surface area contributed by atoms with Gasteiger partial charge < -0.3 is 5.32 Å². The van der Waals surface area contributed by atoms with Crippen LogP contribution in [-0.4, -0.2) is 32.7 Å². The summed E-state index contributed by atoms with van der Waals surface area (Å²) in [7, 11) is -0.599. The Hall–Kier alpha value is -2.18. The second-order valence-corrected chi connectivity index (χ2v) is 8.16. The number of carbonyl (C=O) groups excluding carboxylic acids is 1. The Morgan fingerprint density at radius 2 is 1.62 bits per heavy atom. The summed E-state index contributed by atoms with van der Waals surface area (Å²) in [6.45, 7) is 5.57. The highest BCUT2D eigenvalue weighted by Gasteiger charge is 2.20. The lowest BCUT2D eigenvalue weighted by Crippen LogP contribution is -2.23. The van der Waals surface area contributed by atoms with Gasteiger partial charge in [-0.2, -0.15) is 0 Å². The molecule has 0 heterocycles. The number of hydrogen-bond donors (Lipinski definition) is 1. The van der Waals surface area contributed by atoms with Gasteiger partial charge in [0.15, 0.2) is 0 Å². The zero-order valence-electron chi connectivity index (χ0n) is 14.5. The lowest BCUT2D eigenvalue weighted by molar-refractivity contribution is 0.102. The molecule has 0 bridgehead atoms. The fourth-order valence-corrected chi connectivity index (χ4v) is 3.56. The van der Waals surface area contributed by atoms with Crippen molar-refractivity contribution < 1.29 is 13.2 Å². The third-order valence-corrected chi connectivity index (χ3v) is 5.79. The molecule has 0 saturated carbocycles. The topological polar surface area (TPSA) is 66.5 Å². The predicted octanol–water partition coefficient (Wildman–Crippen LogP) is 3.11. The van der Waals surface area contributed by atoms with Crippen LogP contribution in [0.25, 0.3) is 0 Å². The van der Waals surface area contributed by atoms with Crippen LogP contribution in [0.5, 0.6) is 0 Å². The number of benzene rings is 2. The molecular formula is C18H22N2O3S. The maximum Gasteiger partial charge on any atom is 0.255 e. The minimum atomic E-state index is -3.56. The van der Waals surface area contributed by atoms with Gasteiger partial charge in [0, 0.05) is 25.3 Å². The number of rotatable bonds is 4. The maximum atomic E-state index is 12.5. The molecule has 0 fully saturated rings. The van der Waals surface area contributed by atoms with Gasteiger partial charge in [-0.15, -0.1) is 0 Å². The standard InChI is InChI=1S/C18H22N2O3S/c1-12-6-9-16(14(3)10-12)18(21)19-15-8-7-13(2)17(11-15)24(22,23)20(4)5/h6-11H,1-5H3,(H,19,21). The van der Waals surface area contributed by atoms with Gasteiger partial charge in [0.1, 0.15) is 0 Å². The Labute approximate surface area is 143 Å². The highest BCUT2D eigenvalue weighted by atomic mass is 32.2. The summed E-state index contributed by atoms with van der Waals surface area (Å²) in [5.74, 6) is -0.260. The predicted molar refractivity (Wildman–Crippen MR) is 95.9 cm³/mol. The van der Waals surface area contributed by atoms with E-state index in [4.69, 9.17) is 0 Å². The fraction of sp³-hybridized carbons (Fsp3) is 0.278. The number of carbonyl (C=O) groups is 1. The van der Waals surface area contributed by atoms with Gasteiger partial charge in [-0.3, -0.25) is 4.79 Å². The molecule has 0 atom stereocenters. The Bertz CT molecular complexity index is 887. The van der Waals surface area contributed by atoms with Crippen molar-refractivity contribution in [1.82, 2.24) is 4.31 Å². The normalized spacial score (nSPS) is 11.6. The van der Waals surface area contributed by atoms with E-state index in [1.807, 2.05) is 26.0 Å². The van der Waals surface area contributed by atoms with Crippen molar-refractivity contribution in [1.29, 1.82) is 0 Å². The second-order valence-electron chi connectivity index (χ2n) is 6.04. The number of nitrogens with zero attached hydrogens (tertiary/aromatic N) is 1. The average molecular weight is 346 g/mol. The summed E-state index contributed by atoms with van der Waals surface area (Å²) in [6, 6.07) is 10.5. The maximum absolute atomic E-state index is 12.5. The third kappa shape index (κ3) is 3.66. The van der Waals surface area contributed by atoms with Gasteiger partial charge in [0.25, 0.3) is 5.91 Å². The zero-order chi connectivity index (χ0) is 18.1. The van der Waals surface area contributed by atoms with Crippen LogP contribution in [0.3, 0.4) is 0 Å². The smallest absolute Gasteiger partial charge is 0.255 e. The van der Waals surface area contributed by atoms with Crippen molar-refractivity contribution in [3.05, 3.63) is 58.7 Å². The van der Waals surface area contributed by atoms with Crippen LogP contribution in [0.4, 0.5) is 5.69 Å². The average Bonchev–Trinajstić information content (AvgIpc) is 2.48. The van der Waals surface area contributed by atoms with Crippen molar-refractivity contribution in [2.45, 2.75) is 25.7 Å². The summed E-state index contributed by atoms with van der Waals surface area (Å²) in [4.78, 5) is 12.6. The van der Waals surface area contributed by atoms with E-state index in [1.165, 1.54) is 20.2 Å². The molecule has 128 valence electrons. The van der Waals surface area contributed by atoms with E-state index >= 15 is 0 Å². The summed E-state index contributed by atoms with van der Waals surface area (Å²) >= 11 is 0. The molecule has 0 saturated heterocycles. The first-order chi connectivity index (χ1) is 11.1. The largest absolute Gasteiger partial charge is 0.322 e. The van der Waals surface area contributed by atoms with Gasteiger partial charge in [0.05, 0.1) is 4.90 Å². The highest BCUT2D eigenvalue weighted by molar-refractivity contribution is 7.89. The molecular weight excluding hydrogens is 324 g/mol. The van der Waals surface area contributed by atoms with E-state index in [0.717, 1.165) is 15.4 Å². The lowest BCUT2D eigenvalue weighted by atomic mass is 10.1. The van der Waals surface area contributed by atoms with Crippen molar-refractivity contribution in [3.8, 4) is 0 Å². The molecule has 1 N–H and O–H groups in total. The summed E-state index contributed by atoms with van der Waals surface area (Å²) in [5, 5.41) is 2.78. The Morgan fingerprint density at radius 1 is 0.958 bits per heavy atom.